The molecule has 2 atom stereocenters. The molecule has 0 aromatic heterocycles. The molecule has 1 N–H and O–H groups in total. The third-order valence-corrected chi connectivity index (χ3v) is 3.63. The van der Waals surface area contributed by atoms with E-state index >= 15 is 0 Å². The first-order chi connectivity index (χ1) is 9.79. The summed E-state index contributed by atoms with van der Waals surface area (Å²) in [4.78, 5) is 12.1. The fourth-order valence-electron chi connectivity index (χ4n) is 2.38. The minimum absolute atomic E-state index is 0.0577. The van der Waals surface area contributed by atoms with Crippen molar-refractivity contribution in [2.45, 2.75) is 12.1 Å². The average molecular weight is 288 g/mol. The Bertz CT molecular complexity index is 615. The van der Waals surface area contributed by atoms with E-state index in [1.807, 2.05) is 54.6 Å². The summed E-state index contributed by atoms with van der Waals surface area (Å²) in [6.07, 6.45) is -0.607. The van der Waals surface area contributed by atoms with Crippen molar-refractivity contribution in [2.24, 2.45) is 0 Å². The van der Waals surface area contributed by atoms with E-state index in [1.54, 1.807) is 0 Å². The molecule has 0 saturated heterocycles. The average Bonchev–Trinajstić information content (AvgIpc) is 2.53. The number of nitrogens with one attached hydrogen (secondary N) is 1. The number of fused-ring (bicyclic) bond motifs is 1. The zero-order valence-electron chi connectivity index (χ0n) is 10.8. The maximum absolute atomic E-state index is 12.1. The van der Waals surface area contributed by atoms with Crippen LogP contribution in [0.5, 0.6) is 5.75 Å². The van der Waals surface area contributed by atoms with Crippen molar-refractivity contribution < 1.29 is 9.53 Å². The van der Waals surface area contributed by atoms with Gasteiger partial charge < -0.3 is 10.1 Å². The molecule has 3 nitrogen and oxygen atoms in total. The van der Waals surface area contributed by atoms with Gasteiger partial charge in [-0.1, -0.05) is 42.5 Å². The number of carbonyl (C=O) groups excluding carboxylic acids is 1. The molecule has 1 heterocycles. The Morgan fingerprint density at radius 3 is 2.55 bits per heavy atom. The minimum Gasteiger partial charge on any atom is -0.478 e. The SMILES string of the molecule is O=C(CCl)C1Oc2ccccc2NC1c1ccccc1. The molecule has 2 aromatic carbocycles. The largest absolute Gasteiger partial charge is 0.478 e. The Hall–Kier alpha value is -2.00. The molecule has 20 heavy (non-hydrogen) atoms. The molecule has 1 aliphatic rings. The highest BCUT2D eigenvalue weighted by molar-refractivity contribution is 6.28. The van der Waals surface area contributed by atoms with Crippen LogP contribution < -0.4 is 10.1 Å². The first kappa shape index (κ1) is 13.0. The molecule has 0 fully saturated rings. The maximum Gasteiger partial charge on any atom is 0.190 e. The second-order valence-electron chi connectivity index (χ2n) is 4.67. The molecule has 0 spiro atoms. The number of para-hydroxylation sites is 2. The van der Waals surface area contributed by atoms with E-state index in [2.05, 4.69) is 5.32 Å². The van der Waals surface area contributed by atoms with Crippen LogP contribution in [0.2, 0.25) is 0 Å². The third kappa shape index (κ3) is 2.37. The molecular formula is C16H14ClNO2. The molecule has 0 amide bonds. The van der Waals surface area contributed by atoms with Gasteiger partial charge >= 0.3 is 0 Å². The molecular weight excluding hydrogens is 274 g/mol. The van der Waals surface area contributed by atoms with Crippen LogP contribution in [0.15, 0.2) is 54.6 Å². The summed E-state index contributed by atoms with van der Waals surface area (Å²) in [5, 5.41) is 3.37. The molecule has 0 aliphatic carbocycles. The number of ether oxygens (including phenoxy) is 1. The van der Waals surface area contributed by atoms with Crippen LogP contribution in [0.3, 0.4) is 0 Å². The van der Waals surface area contributed by atoms with Crippen molar-refractivity contribution in [3.05, 3.63) is 60.2 Å². The predicted octanol–water partition coefficient (Wildman–Crippen LogP) is 3.41. The molecule has 2 unspecified atom stereocenters. The second-order valence-corrected chi connectivity index (χ2v) is 4.93. The number of halogens is 1. The summed E-state index contributed by atoms with van der Waals surface area (Å²) in [6.45, 7) is 0. The smallest absolute Gasteiger partial charge is 0.190 e. The summed E-state index contributed by atoms with van der Waals surface area (Å²) in [5.74, 6) is 0.503. The summed E-state index contributed by atoms with van der Waals surface area (Å²) >= 11 is 5.71. The number of alkyl halides is 1. The number of hydrogen-bond acceptors (Lipinski definition) is 3. The van der Waals surface area contributed by atoms with Crippen molar-refractivity contribution in [3.63, 3.8) is 0 Å². The highest BCUT2D eigenvalue weighted by atomic mass is 35.5. The molecule has 3 rings (SSSR count). The van der Waals surface area contributed by atoms with E-state index in [9.17, 15) is 4.79 Å². The number of hydrogen-bond donors (Lipinski definition) is 1. The van der Waals surface area contributed by atoms with Crippen molar-refractivity contribution in [3.8, 4) is 5.75 Å². The Morgan fingerprint density at radius 1 is 1.10 bits per heavy atom. The van der Waals surface area contributed by atoms with Crippen molar-refractivity contribution in [1.29, 1.82) is 0 Å². The van der Waals surface area contributed by atoms with Gasteiger partial charge in [0.05, 0.1) is 17.6 Å². The zero-order valence-corrected chi connectivity index (χ0v) is 11.5. The highest BCUT2D eigenvalue weighted by Gasteiger charge is 2.35. The number of ketones is 1. The lowest BCUT2D eigenvalue weighted by Gasteiger charge is -2.34. The van der Waals surface area contributed by atoms with E-state index in [0.29, 0.717) is 5.75 Å². The minimum atomic E-state index is -0.607. The van der Waals surface area contributed by atoms with Gasteiger partial charge in [-0.3, -0.25) is 4.79 Å². The molecule has 0 radical (unpaired) electrons. The van der Waals surface area contributed by atoms with Gasteiger partial charge in [0.15, 0.2) is 11.9 Å². The number of anilines is 1. The maximum atomic E-state index is 12.1. The van der Waals surface area contributed by atoms with Gasteiger partial charge in [-0.25, -0.2) is 0 Å². The Balaban J connectivity index is 2.00. The van der Waals surface area contributed by atoms with Crippen molar-refractivity contribution >= 4 is 23.1 Å². The van der Waals surface area contributed by atoms with E-state index in [1.165, 1.54) is 0 Å². The number of Topliss-reactive ketones (excluding diaryl/α,β-unsaturated/α-hetero) is 1. The molecule has 2 aromatic rings. The molecule has 0 bridgehead atoms. The Kier molecular flexibility index (Phi) is 3.61. The summed E-state index contributed by atoms with van der Waals surface area (Å²) in [7, 11) is 0. The second kappa shape index (κ2) is 5.55. The van der Waals surface area contributed by atoms with E-state index < -0.39 is 6.10 Å². The quantitative estimate of drug-likeness (QED) is 0.879. The lowest BCUT2D eigenvalue weighted by molar-refractivity contribution is -0.124. The van der Waals surface area contributed by atoms with Crippen LogP contribution in [0.25, 0.3) is 0 Å². The highest BCUT2D eigenvalue weighted by Crippen LogP contribution is 2.37. The lowest BCUT2D eigenvalue weighted by atomic mass is 9.96. The standard InChI is InChI=1S/C16H14ClNO2/c17-10-13(19)16-15(11-6-2-1-3-7-11)18-12-8-4-5-9-14(12)20-16/h1-9,15-16,18H,10H2. The van der Waals surface area contributed by atoms with Crippen molar-refractivity contribution in [2.75, 3.05) is 11.2 Å². The predicted molar refractivity (Wildman–Crippen MR) is 79.4 cm³/mol. The fourth-order valence-corrected chi connectivity index (χ4v) is 2.53. The zero-order chi connectivity index (χ0) is 13.9. The van der Waals surface area contributed by atoms with Gasteiger partial charge in [-0.05, 0) is 17.7 Å². The van der Waals surface area contributed by atoms with Gasteiger partial charge in [0.2, 0.25) is 0 Å². The molecule has 0 saturated carbocycles. The molecule has 4 heteroatoms. The molecule has 1 aliphatic heterocycles. The Labute approximate surface area is 122 Å². The molecule has 102 valence electrons. The van der Waals surface area contributed by atoms with Crippen LogP contribution in [-0.4, -0.2) is 17.8 Å². The summed E-state index contributed by atoms with van der Waals surface area (Å²) < 4.78 is 5.86. The van der Waals surface area contributed by atoms with Gasteiger partial charge in [-0.2, -0.15) is 0 Å². The first-order valence-electron chi connectivity index (χ1n) is 6.45. The van der Waals surface area contributed by atoms with E-state index in [0.717, 1.165) is 11.3 Å². The monoisotopic (exact) mass is 287 g/mol. The first-order valence-corrected chi connectivity index (χ1v) is 6.99. The van der Waals surface area contributed by atoms with Crippen LogP contribution in [0.4, 0.5) is 5.69 Å². The Morgan fingerprint density at radius 2 is 1.80 bits per heavy atom. The van der Waals surface area contributed by atoms with E-state index in [-0.39, 0.29) is 17.7 Å². The van der Waals surface area contributed by atoms with Gasteiger partial charge in [0.1, 0.15) is 5.75 Å². The summed E-state index contributed by atoms with van der Waals surface area (Å²) in [6, 6.07) is 17.2. The third-order valence-electron chi connectivity index (χ3n) is 3.36. The van der Waals surface area contributed by atoms with Crippen LogP contribution in [0.1, 0.15) is 11.6 Å². The van der Waals surface area contributed by atoms with Crippen molar-refractivity contribution in [1.82, 2.24) is 0 Å². The van der Waals surface area contributed by atoms with Gasteiger partial charge in [0, 0.05) is 0 Å². The van der Waals surface area contributed by atoms with Gasteiger partial charge in [0.25, 0.3) is 0 Å². The van der Waals surface area contributed by atoms with E-state index in [4.69, 9.17) is 16.3 Å². The van der Waals surface area contributed by atoms with Crippen LogP contribution >= 0.6 is 11.6 Å². The number of rotatable bonds is 3. The normalized spacial score (nSPS) is 20.4. The number of carbonyl (C=O) groups is 1. The fraction of sp³-hybridized carbons (Fsp3) is 0.188. The summed E-state index contributed by atoms with van der Waals surface area (Å²) in [5.41, 5.74) is 1.89. The van der Waals surface area contributed by atoms with Crippen LogP contribution in [-0.2, 0) is 4.79 Å². The lowest BCUT2D eigenvalue weighted by Crippen LogP contribution is -2.41. The van der Waals surface area contributed by atoms with Gasteiger partial charge in [-0.15, -0.1) is 11.6 Å². The van der Waals surface area contributed by atoms with Crippen LogP contribution in [0, 0.1) is 0 Å². The number of benzene rings is 2. The topological polar surface area (TPSA) is 38.3 Å².